The molecule has 0 unspecified atom stereocenters. The topological polar surface area (TPSA) is 74.1 Å². The van der Waals surface area contributed by atoms with Crippen molar-refractivity contribution in [1.82, 2.24) is 4.98 Å². The van der Waals surface area contributed by atoms with E-state index in [1.165, 1.54) is 30.5 Å². The largest absolute Gasteiger partial charge is 0.370 e. The number of hydrogen-bond acceptors (Lipinski definition) is 5. The van der Waals surface area contributed by atoms with Gasteiger partial charge in [0.05, 0.1) is 27.7 Å². The predicted molar refractivity (Wildman–Crippen MR) is 114 cm³/mol. The molecule has 0 radical (unpaired) electrons. The molecule has 5 nitrogen and oxygen atoms in total. The maximum absolute atomic E-state index is 13.5. The molecular formula is C22H20ClN3O2S. The van der Waals surface area contributed by atoms with Gasteiger partial charge >= 0.3 is 0 Å². The molecule has 0 amide bonds. The molecule has 0 spiro atoms. The molecule has 0 atom stereocenters. The van der Waals surface area contributed by atoms with Gasteiger partial charge in [-0.1, -0.05) is 18.5 Å². The molecule has 0 aliphatic carbocycles. The molecule has 0 saturated carbocycles. The Kier molecular flexibility index (Phi) is 5.20. The van der Waals surface area contributed by atoms with Crippen LogP contribution < -0.4 is 4.90 Å². The second-order valence-corrected chi connectivity index (χ2v) is 9.80. The number of piperidine rings is 1. The third-order valence-electron chi connectivity index (χ3n) is 5.45. The van der Waals surface area contributed by atoms with Crippen LogP contribution in [0.4, 0.5) is 5.69 Å². The molecule has 7 heteroatoms. The van der Waals surface area contributed by atoms with Crippen molar-refractivity contribution < 1.29 is 8.42 Å². The number of halogens is 1. The van der Waals surface area contributed by atoms with Gasteiger partial charge in [0, 0.05) is 29.7 Å². The van der Waals surface area contributed by atoms with E-state index in [4.69, 9.17) is 16.9 Å². The Morgan fingerprint density at radius 3 is 2.48 bits per heavy atom. The summed E-state index contributed by atoms with van der Waals surface area (Å²) in [6, 6.07) is 13.3. The van der Waals surface area contributed by atoms with Gasteiger partial charge in [0.25, 0.3) is 0 Å². The first-order chi connectivity index (χ1) is 13.9. The van der Waals surface area contributed by atoms with Gasteiger partial charge in [0.15, 0.2) is 0 Å². The van der Waals surface area contributed by atoms with Crippen LogP contribution in [0.3, 0.4) is 0 Å². The molecule has 0 bridgehead atoms. The quantitative estimate of drug-likeness (QED) is 0.600. The van der Waals surface area contributed by atoms with Crippen molar-refractivity contribution in [2.45, 2.75) is 29.6 Å². The van der Waals surface area contributed by atoms with Crippen LogP contribution in [0.1, 0.15) is 25.3 Å². The Balaban J connectivity index is 1.93. The molecule has 2 aromatic carbocycles. The Hall–Kier alpha value is -2.62. The molecule has 1 aliphatic heterocycles. The van der Waals surface area contributed by atoms with Crippen molar-refractivity contribution in [1.29, 1.82) is 5.26 Å². The van der Waals surface area contributed by atoms with Crippen LogP contribution in [0.25, 0.3) is 10.9 Å². The fourth-order valence-corrected chi connectivity index (χ4v) is 5.33. The SMILES string of the molecule is CC1CCN(c2c(S(=O)(=O)c3ccc(C#N)cc3)cnc3ccc(Cl)cc23)CC1. The number of hydrogen-bond donors (Lipinski definition) is 0. The normalized spacial score (nSPS) is 15.4. The summed E-state index contributed by atoms with van der Waals surface area (Å²) >= 11 is 6.24. The second kappa shape index (κ2) is 7.66. The molecule has 1 aliphatic rings. The highest BCUT2D eigenvalue weighted by molar-refractivity contribution is 7.91. The number of anilines is 1. The maximum Gasteiger partial charge on any atom is 0.210 e. The van der Waals surface area contributed by atoms with E-state index in [2.05, 4.69) is 16.8 Å². The van der Waals surface area contributed by atoms with Crippen LogP contribution in [0.2, 0.25) is 5.02 Å². The van der Waals surface area contributed by atoms with E-state index in [-0.39, 0.29) is 9.79 Å². The summed E-state index contributed by atoms with van der Waals surface area (Å²) in [5, 5.41) is 10.3. The average molecular weight is 426 g/mol. The maximum atomic E-state index is 13.5. The monoisotopic (exact) mass is 425 g/mol. The standard InChI is InChI=1S/C22H20ClN3O2S/c1-15-8-10-26(11-9-15)22-19-12-17(23)4-7-20(19)25-14-21(22)29(27,28)18-5-2-16(13-24)3-6-18/h2-7,12,14-15H,8-11H2,1H3. The number of fused-ring (bicyclic) bond motifs is 1. The lowest BCUT2D eigenvalue weighted by Crippen LogP contribution is -2.34. The number of sulfone groups is 1. The third kappa shape index (κ3) is 3.68. The molecule has 29 heavy (non-hydrogen) atoms. The molecule has 3 aromatic rings. The number of nitrogens with zero attached hydrogens (tertiary/aromatic N) is 3. The first-order valence-corrected chi connectivity index (χ1v) is 11.3. The molecule has 1 saturated heterocycles. The fraction of sp³-hybridized carbons (Fsp3) is 0.273. The lowest BCUT2D eigenvalue weighted by Gasteiger charge is -2.34. The summed E-state index contributed by atoms with van der Waals surface area (Å²) < 4.78 is 27.0. The van der Waals surface area contributed by atoms with Gasteiger partial charge in [-0.25, -0.2) is 8.42 Å². The van der Waals surface area contributed by atoms with Gasteiger partial charge in [0.2, 0.25) is 9.84 Å². The highest BCUT2D eigenvalue weighted by Gasteiger charge is 2.28. The third-order valence-corrected chi connectivity index (χ3v) is 7.46. The summed E-state index contributed by atoms with van der Waals surface area (Å²) in [6.45, 7) is 3.78. The van der Waals surface area contributed by atoms with E-state index in [1.807, 2.05) is 12.1 Å². The average Bonchev–Trinajstić information content (AvgIpc) is 2.73. The van der Waals surface area contributed by atoms with E-state index in [0.717, 1.165) is 31.3 Å². The Morgan fingerprint density at radius 2 is 1.83 bits per heavy atom. The highest BCUT2D eigenvalue weighted by Crippen LogP contribution is 2.38. The molecule has 148 valence electrons. The van der Waals surface area contributed by atoms with Gasteiger partial charge in [-0.3, -0.25) is 4.98 Å². The molecule has 0 N–H and O–H groups in total. The minimum absolute atomic E-state index is 0.145. The van der Waals surface area contributed by atoms with Crippen LogP contribution in [0.15, 0.2) is 58.5 Å². The fourth-order valence-electron chi connectivity index (χ4n) is 3.72. The smallest absolute Gasteiger partial charge is 0.210 e. The zero-order valence-corrected chi connectivity index (χ0v) is 17.5. The predicted octanol–water partition coefficient (Wildman–Crippen LogP) is 4.83. The summed E-state index contributed by atoms with van der Waals surface area (Å²) in [5.41, 5.74) is 1.79. The molecule has 1 fully saturated rings. The number of aromatic nitrogens is 1. The van der Waals surface area contributed by atoms with Crippen molar-refractivity contribution in [3.63, 3.8) is 0 Å². The Bertz CT molecular complexity index is 1210. The van der Waals surface area contributed by atoms with Crippen molar-refractivity contribution in [3.8, 4) is 6.07 Å². The van der Waals surface area contributed by atoms with Crippen LogP contribution in [0.5, 0.6) is 0 Å². The van der Waals surface area contributed by atoms with E-state index >= 15 is 0 Å². The van der Waals surface area contributed by atoms with Gasteiger partial charge in [-0.2, -0.15) is 5.26 Å². The second-order valence-electron chi connectivity index (χ2n) is 7.44. The number of pyridine rings is 1. The van der Waals surface area contributed by atoms with Gasteiger partial charge in [-0.15, -0.1) is 0 Å². The lowest BCUT2D eigenvalue weighted by molar-refractivity contribution is 0.437. The van der Waals surface area contributed by atoms with Gasteiger partial charge < -0.3 is 4.90 Å². The van der Waals surface area contributed by atoms with E-state index in [0.29, 0.717) is 27.7 Å². The number of rotatable bonds is 3. The summed E-state index contributed by atoms with van der Waals surface area (Å²) in [7, 11) is -3.82. The van der Waals surface area contributed by atoms with Gasteiger partial charge in [-0.05, 0) is 61.2 Å². The zero-order valence-electron chi connectivity index (χ0n) is 16.0. The van der Waals surface area contributed by atoms with Crippen LogP contribution in [-0.2, 0) is 9.84 Å². The van der Waals surface area contributed by atoms with Crippen molar-refractivity contribution in [2.24, 2.45) is 5.92 Å². The van der Waals surface area contributed by atoms with E-state index in [1.54, 1.807) is 12.1 Å². The van der Waals surface area contributed by atoms with Crippen molar-refractivity contribution in [3.05, 3.63) is 59.2 Å². The van der Waals surface area contributed by atoms with Crippen LogP contribution >= 0.6 is 11.6 Å². The molecular weight excluding hydrogens is 406 g/mol. The highest BCUT2D eigenvalue weighted by atomic mass is 35.5. The molecule has 2 heterocycles. The van der Waals surface area contributed by atoms with Crippen LogP contribution in [0, 0.1) is 17.2 Å². The van der Waals surface area contributed by atoms with Crippen LogP contribution in [-0.4, -0.2) is 26.5 Å². The number of benzene rings is 2. The van der Waals surface area contributed by atoms with Gasteiger partial charge in [0.1, 0.15) is 4.90 Å². The van der Waals surface area contributed by atoms with E-state index in [9.17, 15) is 8.42 Å². The lowest BCUT2D eigenvalue weighted by atomic mass is 9.98. The summed E-state index contributed by atoms with van der Waals surface area (Å²) in [6.07, 6.45) is 3.44. The molecule has 4 rings (SSSR count). The minimum Gasteiger partial charge on any atom is -0.370 e. The minimum atomic E-state index is -3.82. The van der Waals surface area contributed by atoms with Crippen molar-refractivity contribution in [2.75, 3.05) is 18.0 Å². The zero-order chi connectivity index (χ0) is 20.6. The number of nitriles is 1. The summed E-state index contributed by atoms with van der Waals surface area (Å²) in [4.78, 5) is 6.85. The molecule has 1 aromatic heterocycles. The first kappa shape index (κ1) is 19.7. The Morgan fingerprint density at radius 1 is 1.14 bits per heavy atom. The summed E-state index contributed by atoms with van der Waals surface area (Å²) in [5.74, 6) is 0.613. The Labute approximate surface area is 175 Å². The van der Waals surface area contributed by atoms with Crippen molar-refractivity contribution >= 4 is 38.0 Å². The first-order valence-electron chi connectivity index (χ1n) is 9.48. The van der Waals surface area contributed by atoms with E-state index < -0.39 is 9.84 Å².